The number of carboxylic acid groups (broad SMARTS) is 1. The van der Waals surface area contributed by atoms with E-state index >= 15 is 0 Å². The second-order valence-electron chi connectivity index (χ2n) is 7.12. The van der Waals surface area contributed by atoms with Gasteiger partial charge in [0.15, 0.2) is 0 Å². The zero-order valence-electron chi connectivity index (χ0n) is 13.6. The van der Waals surface area contributed by atoms with Crippen molar-refractivity contribution in [2.45, 2.75) is 32.2 Å². The SMILES string of the molecule is CC(C)(C(=O)N1C[C@H](C(=O)O)[C@@H](C2CC2)C1)n1cc([N+](=O)[O-])cn1. The molecule has 0 aromatic carbocycles. The molecule has 24 heavy (non-hydrogen) atoms. The number of hydrogen-bond donors (Lipinski definition) is 1. The van der Waals surface area contributed by atoms with Gasteiger partial charge >= 0.3 is 11.7 Å². The standard InChI is InChI=1S/C15H20N4O5/c1-15(2,18-6-10(5-16-18)19(23)24)14(22)17-7-11(9-3-4-9)12(8-17)13(20)21/h5-6,9,11-12H,3-4,7-8H2,1-2H3,(H,20,21)/t11-,12+/m1/s1. The van der Waals surface area contributed by atoms with Crippen molar-refractivity contribution in [2.24, 2.45) is 17.8 Å². The van der Waals surface area contributed by atoms with Crippen molar-refractivity contribution in [3.63, 3.8) is 0 Å². The number of hydrogen-bond acceptors (Lipinski definition) is 5. The molecule has 1 aliphatic carbocycles. The lowest BCUT2D eigenvalue weighted by molar-refractivity contribution is -0.385. The summed E-state index contributed by atoms with van der Waals surface area (Å²) >= 11 is 0. The number of likely N-dealkylation sites (tertiary alicyclic amines) is 1. The first-order valence-electron chi connectivity index (χ1n) is 7.93. The van der Waals surface area contributed by atoms with Crippen LogP contribution in [0.25, 0.3) is 0 Å². The Morgan fingerprint density at radius 2 is 2.04 bits per heavy atom. The van der Waals surface area contributed by atoms with Gasteiger partial charge in [-0.2, -0.15) is 5.10 Å². The lowest BCUT2D eigenvalue weighted by atomic mass is 9.92. The zero-order chi connectivity index (χ0) is 17.6. The van der Waals surface area contributed by atoms with Crippen LogP contribution in [0.5, 0.6) is 0 Å². The van der Waals surface area contributed by atoms with Gasteiger partial charge in [-0.15, -0.1) is 0 Å². The molecular weight excluding hydrogens is 316 g/mol. The fourth-order valence-corrected chi connectivity index (χ4v) is 3.46. The molecule has 0 spiro atoms. The lowest BCUT2D eigenvalue weighted by Crippen LogP contribution is -2.46. The van der Waals surface area contributed by atoms with Gasteiger partial charge in [0.05, 0.1) is 10.8 Å². The van der Waals surface area contributed by atoms with Gasteiger partial charge in [-0.05, 0) is 38.5 Å². The summed E-state index contributed by atoms with van der Waals surface area (Å²) < 4.78 is 1.27. The average molecular weight is 336 g/mol. The summed E-state index contributed by atoms with van der Waals surface area (Å²) in [6.45, 7) is 3.87. The molecule has 3 rings (SSSR count). The summed E-state index contributed by atoms with van der Waals surface area (Å²) in [5, 5.41) is 24.1. The third-order valence-corrected chi connectivity index (χ3v) is 5.07. The molecule has 9 nitrogen and oxygen atoms in total. The molecule has 2 fully saturated rings. The van der Waals surface area contributed by atoms with Gasteiger partial charge in [-0.1, -0.05) is 0 Å². The van der Waals surface area contributed by atoms with E-state index in [4.69, 9.17) is 0 Å². The van der Waals surface area contributed by atoms with Crippen molar-refractivity contribution < 1.29 is 19.6 Å². The van der Waals surface area contributed by atoms with Gasteiger partial charge in [0, 0.05) is 13.1 Å². The number of carbonyl (C=O) groups is 2. The van der Waals surface area contributed by atoms with Crippen molar-refractivity contribution in [3.8, 4) is 0 Å². The minimum atomic E-state index is -1.12. The molecule has 0 radical (unpaired) electrons. The van der Waals surface area contributed by atoms with E-state index in [0.29, 0.717) is 12.5 Å². The molecule has 2 heterocycles. The highest BCUT2D eigenvalue weighted by Gasteiger charge is 2.49. The van der Waals surface area contributed by atoms with Crippen LogP contribution >= 0.6 is 0 Å². The van der Waals surface area contributed by atoms with Gasteiger partial charge in [0.25, 0.3) is 0 Å². The van der Waals surface area contributed by atoms with Gasteiger partial charge in [-0.3, -0.25) is 24.4 Å². The smallest absolute Gasteiger partial charge is 0.308 e. The first kappa shape index (κ1) is 16.4. The van der Waals surface area contributed by atoms with Gasteiger partial charge in [0.1, 0.15) is 17.9 Å². The van der Waals surface area contributed by atoms with E-state index in [0.717, 1.165) is 19.0 Å². The van der Waals surface area contributed by atoms with Crippen LogP contribution in [0.4, 0.5) is 5.69 Å². The second kappa shape index (κ2) is 5.57. The molecule has 2 aliphatic rings. The topological polar surface area (TPSA) is 119 Å². The first-order valence-corrected chi connectivity index (χ1v) is 7.93. The number of rotatable bonds is 5. The van der Waals surface area contributed by atoms with Crippen LogP contribution in [-0.4, -0.2) is 49.7 Å². The Morgan fingerprint density at radius 3 is 2.54 bits per heavy atom. The Morgan fingerprint density at radius 1 is 1.38 bits per heavy atom. The van der Waals surface area contributed by atoms with Crippen LogP contribution in [0, 0.1) is 27.9 Å². The highest BCUT2D eigenvalue weighted by Crippen LogP contribution is 2.44. The molecule has 1 amide bonds. The van der Waals surface area contributed by atoms with Crippen molar-refractivity contribution in [2.75, 3.05) is 13.1 Å². The summed E-state index contributed by atoms with van der Waals surface area (Å²) in [6, 6.07) is 0. The normalized spacial score (nSPS) is 24.2. The van der Waals surface area contributed by atoms with E-state index < -0.39 is 22.3 Å². The Bertz CT molecular complexity index is 694. The molecule has 130 valence electrons. The van der Waals surface area contributed by atoms with Crippen molar-refractivity contribution in [1.29, 1.82) is 0 Å². The Balaban J connectivity index is 1.79. The number of carbonyl (C=O) groups excluding carboxylic acids is 1. The lowest BCUT2D eigenvalue weighted by Gasteiger charge is -2.29. The van der Waals surface area contributed by atoms with Crippen LogP contribution in [0.3, 0.4) is 0 Å². The molecule has 2 atom stereocenters. The van der Waals surface area contributed by atoms with Crippen molar-refractivity contribution in [1.82, 2.24) is 14.7 Å². The summed E-state index contributed by atoms with van der Waals surface area (Å²) in [6.07, 6.45) is 4.36. The molecule has 1 saturated carbocycles. The quantitative estimate of drug-likeness (QED) is 0.635. The number of carboxylic acids is 1. The van der Waals surface area contributed by atoms with E-state index in [1.807, 2.05) is 0 Å². The summed E-state index contributed by atoms with van der Waals surface area (Å²) in [7, 11) is 0. The molecular formula is C15H20N4O5. The maximum Gasteiger partial charge on any atom is 0.308 e. The number of amides is 1. The Kier molecular flexibility index (Phi) is 3.81. The molecule has 0 bridgehead atoms. The highest BCUT2D eigenvalue weighted by molar-refractivity contribution is 5.85. The number of nitro groups is 1. The summed E-state index contributed by atoms with van der Waals surface area (Å²) in [4.78, 5) is 36.2. The average Bonchev–Trinajstić information content (AvgIpc) is 3.06. The van der Waals surface area contributed by atoms with Crippen LogP contribution in [0.1, 0.15) is 26.7 Å². The molecule has 1 N–H and O–H groups in total. The number of aliphatic carboxylic acids is 1. The first-order chi connectivity index (χ1) is 11.2. The molecule has 1 aliphatic heterocycles. The summed E-state index contributed by atoms with van der Waals surface area (Å²) in [5.74, 6) is -1.29. The molecule has 9 heteroatoms. The predicted octanol–water partition coefficient (Wildman–Crippen LogP) is 1.10. The van der Waals surface area contributed by atoms with E-state index in [2.05, 4.69) is 5.10 Å². The third-order valence-electron chi connectivity index (χ3n) is 5.07. The Hall–Kier alpha value is -2.45. The van der Waals surface area contributed by atoms with E-state index in [-0.39, 0.29) is 24.1 Å². The van der Waals surface area contributed by atoms with Gasteiger partial charge in [-0.25, -0.2) is 0 Å². The zero-order valence-corrected chi connectivity index (χ0v) is 13.6. The highest BCUT2D eigenvalue weighted by atomic mass is 16.6. The minimum Gasteiger partial charge on any atom is -0.481 e. The maximum atomic E-state index is 12.9. The minimum absolute atomic E-state index is 0.00536. The van der Waals surface area contributed by atoms with Gasteiger partial charge in [0.2, 0.25) is 5.91 Å². The molecule has 1 aromatic rings. The monoisotopic (exact) mass is 336 g/mol. The maximum absolute atomic E-state index is 12.9. The van der Waals surface area contributed by atoms with Crippen molar-refractivity contribution >= 4 is 17.6 Å². The third kappa shape index (κ3) is 2.74. The van der Waals surface area contributed by atoms with E-state index in [1.54, 1.807) is 18.7 Å². The molecule has 1 saturated heterocycles. The van der Waals surface area contributed by atoms with Crippen LogP contribution in [0.15, 0.2) is 12.4 Å². The fraction of sp³-hybridized carbons (Fsp3) is 0.667. The van der Waals surface area contributed by atoms with E-state index in [1.165, 1.54) is 10.9 Å². The van der Waals surface area contributed by atoms with Crippen LogP contribution in [0.2, 0.25) is 0 Å². The largest absolute Gasteiger partial charge is 0.481 e. The Labute approximate surface area is 138 Å². The number of nitrogens with zero attached hydrogens (tertiary/aromatic N) is 4. The molecule has 1 aromatic heterocycles. The van der Waals surface area contributed by atoms with Crippen LogP contribution in [-0.2, 0) is 15.1 Å². The fourth-order valence-electron chi connectivity index (χ4n) is 3.46. The van der Waals surface area contributed by atoms with E-state index in [9.17, 15) is 24.8 Å². The summed E-state index contributed by atoms with van der Waals surface area (Å²) in [5.41, 5.74) is -1.30. The van der Waals surface area contributed by atoms with Gasteiger partial charge < -0.3 is 10.0 Å². The predicted molar refractivity (Wildman–Crippen MR) is 82.1 cm³/mol. The number of aromatic nitrogens is 2. The second-order valence-corrected chi connectivity index (χ2v) is 7.12. The van der Waals surface area contributed by atoms with Crippen LogP contribution < -0.4 is 0 Å². The van der Waals surface area contributed by atoms with Crippen molar-refractivity contribution in [3.05, 3.63) is 22.5 Å². The molecule has 0 unspecified atom stereocenters.